The number of hydrogen-bond acceptors (Lipinski definition) is 4. The van der Waals surface area contributed by atoms with Gasteiger partial charge in [-0.3, -0.25) is 9.59 Å². The van der Waals surface area contributed by atoms with Crippen LogP contribution in [-0.2, 0) is 9.59 Å². The van der Waals surface area contributed by atoms with Crippen LogP contribution in [0.1, 0.15) is 36.2 Å². The Morgan fingerprint density at radius 2 is 2.19 bits per heavy atom. The van der Waals surface area contributed by atoms with Crippen molar-refractivity contribution in [2.24, 2.45) is 0 Å². The molecule has 1 aromatic rings. The Morgan fingerprint density at radius 3 is 2.86 bits per heavy atom. The summed E-state index contributed by atoms with van der Waals surface area (Å²) >= 11 is 0. The van der Waals surface area contributed by atoms with E-state index >= 15 is 0 Å². The molecule has 1 atom stereocenters. The van der Waals surface area contributed by atoms with Crippen LogP contribution in [0, 0.1) is 0 Å². The van der Waals surface area contributed by atoms with Crippen molar-refractivity contribution < 1.29 is 23.9 Å². The number of furan rings is 1. The van der Waals surface area contributed by atoms with Crippen molar-refractivity contribution >= 4 is 17.8 Å². The van der Waals surface area contributed by atoms with Gasteiger partial charge in [-0.05, 0) is 31.4 Å². The summed E-state index contributed by atoms with van der Waals surface area (Å²) in [6, 6.07) is 2.39. The zero-order chi connectivity index (χ0) is 15.2. The van der Waals surface area contributed by atoms with Gasteiger partial charge in [-0.25, -0.2) is 4.79 Å². The maximum absolute atomic E-state index is 12.1. The molecule has 2 rings (SSSR count). The molecular formula is C14H18N2O5. The molecule has 0 spiro atoms. The highest BCUT2D eigenvalue weighted by Gasteiger charge is 2.31. The molecule has 1 saturated heterocycles. The maximum atomic E-state index is 12.1. The number of aliphatic carboxylic acids is 1. The SMILES string of the molecule is O=C(NCCC(=O)N1CCCCC1C(=O)O)c1ccco1. The summed E-state index contributed by atoms with van der Waals surface area (Å²) in [5, 5.41) is 11.7. The number of nitrogens with one attached hydrogen (secondary N) is 1. The Bertz CT molecular complexity index is 511. The van der Waals surface area contributed by atoms with Gasteiger partial charge >= 0.3 is 5.97 Å². The molecule has 0 aliphatic carbocycles. The molecule has 7 nitrogen and oxygen atoms in total. The average molecular weight is 294 g/mol. The summed E-state index contributed by atoms with van der Waals surface area (Å²) in [5.41, 5.74) is 0. The van der Waals surface area contributed by atoms with Crippen LogP contribution in [-0.4, -0.2) is 46.9 Å². The summed E-state index contributed by atoms with van der Waals surface area (Å²) in [7, 11) is 0. The van der Waals surface area contributed by atoms with E-state index in [0.29, 0.717) is 13.0 Å². The number of nitrogens with zero attached hydrogens (tertiary/aromatic N) is 1. The molecule has 0 saturated carbocycles. The predicted molar refractivity (Wildman–Crippen MR) is 72.6 cm³/mol. The molecule has 0 aromatic carbocycles. The summed E-state index contributed by atoms with van der Waals surface area (Å²) in [4.78, 5) is 36.2. The van der Waals surface area contributed by atoms with Gasteiger partial charge in [0.15, 0.2) is 5.76 Å². The highest BCUT2D eigenvalue weighted by molar-refractivity contribution is 5.91. The van der Waals surface area contributed by atoms with Crippen LogP contribution in [0.15, 0.2) is 22.8 Å². The molecule has 1 aliphatic rings. The Kier molecular flexibility index (Phi) is 4.97. The fourth-order valence-electron chi connectivity index (χ4n) is 2.41. The highest BCUT2D eigenvalue weighted by atomic mass is 16.4. The maximum Gasteiger partial charge on any atom is 0.326 e. The fourth-order valence-corrected chi connectivity index (χ4v) is 2.41. The van der Waals surface area contributed by atoms with Crippen molar-refractivity contribution in [3.63, 3.8) is 0 Å². The molecule has 1 fully saturated rings. The third kappa shape index (κ3) is 3.84. The second-order valence-corrected chi connectivity index (χ2v) is 4.92. The number of hydrogen-bond donors (Lipinski definition) is 2. The van der Waals surface area contributed by atoms with Gasteiger partial charge in [0.05, 0.1) is 6.26 Å². The third-order valence-electron chi connectivity index (χ3n) is 3.48. The first-order valence-electron chi connectivity index (χ1n) is 6.93. The molecule has 1 aromatic heterocycles. The Labute approximate surface area is 121 Å². The molecule has 1 aliphatic heterocycles. The minimum atomic E-state index is -0.970. The smallest absolute Gasteiger partial charge is 0.326 e. The van der Waals surface area contributed by atoms with Crippen LogP contribution in [0.2, 0.25) is 0 Å². The first-order valence-corrected chi connectivity index (χ1v) is 6.93. The lowest BCUT2D eigenvalue weighted by Gasteiger charge is -2.33. The van der Waals surface area contributed by atoms with Crippen molar-refractivity contribution in [2.45, 2.75) is 31.7 Å². The van der Waals surface area contributed by atoms with Gasteiger partial charge in [-0.1, -0.05) is 0 Å². The quantitative estimate of drug-likeness (QED) is 0.839. The van der Waals surface area contributed by atoms with Gasteiger partial charge in [0.1, 0.15) is 6.04 Å². The summed E-state index contributed by atoms with van der Waals surface area (Å²) < 4.78 is 4.93. The van der Waals surface area contributed by atoms with E-state index < -0.39 is 12.0 Å². The molecule has 114 valence electrons. The van der Waals surface area contributed by atoms with E-state index in [1.165, 1.54) is 17.2 Å². The molecule has 0 bridgehead atoms. The third-order valence-corrected chi connectivity index (χ3v) is 3.48. The van der Waals surface area contributed by atoms with Crippen LogP contribution < -0.4 is 5.32 Å². The summed E-state index contributed by atoms with van der Waals surface area (Å²) in [6.07, 6.45) is 3.59. The van der Waals surface area contributed by atoms with Crippen molar-refractivity contribution in [3.05, 3.63) is 24.2 Å². The van der Waals surface area contributed by atoms with Crippen LogP contribution in [0.5, 0.6) is 0 Å². The van der Waals surface area contributed by atoms with Gasteiger partial charge in [0.2, 0.25) is 5.91 Å². The van der Waals surface area contributed by atoms with Crippen LogP contribution in [0.3, 0.4) is 0 Å². The zero-order valence-corrected chi connectivity index (χ0v) is 11.6. The van der Waals surface area contributed by atoms with E-state index in [1.54, 1.807) is 6.07 Å². The van der Waals surface area contributed by atoms with Crippen molar-refractivity contribution in [2.75, 3.05) is 13.1 Å². The highest BCUT2D eigenvalue weighted by Crippen LogP contribution is 2.18. The zero-order valence-electron chi connectivity index (χ0n) is 11.6. The van der Waals surface area contributed by atoms with Gasteiger partial charge in [-0.15, -0.1) is 0 Å². The average Bonchev–Trinajstić information content (AvgIpc) is 3.01. The second-order valence-electron chi connectivity index (χ2n) is 4.92. The Hall–Kier alpha value is -2.31. The summed E-state index contributed by atoms with van der Waals surface area (Å²) in [5.74, 6) is -1.42. The normalized spacial score (nSPS) is 18.3. The van der Waals surface area contributed by atoms with Gasteiger partial charge in [0.25, 0.3) is 5.91 Å². The number of carbonyl (C=O) groups excluding carboxylic acids is 2. The van der Waals surface area contributed by atoms with Crippen molar-refractivity contribution in [1.82, 2.24) is 10.2 Å². The van der Waals surface area contributed by atoms with E-state index in [1.807, 2.05) is 0 Å². The second kappa shape index (κ2) is 6.92. The van der Waals surface area contributed by atoms with Crippen molar-refractivity contribution in [3.8, 4) is 0 Å². The van der Waals surface area contributed by atoms with Crippen LogP contribution in [0.25, 0.3) is 0 Å². The topological polar surface area (TPSA) is 99.9 Å². The molecule has 0 radical (unpaired) electrons. The minimum Gasteiger partial charge on any atom is -0.480 e. The fraction of sp³-hybridized carbons (Fsp3) is 0.500. The lowest BCUT2D eigenvalue weighted by Crippen LogP contribution is -2.48. The molecule has 1 unspecified atom stereocenters. The lowest BCUT2D eigenvalue weighted by atomic mass is 10.0. The summed E-state index contributed by atoms with van der Waals surface area (Å²) in [6.45, 7) is 0.614. The molecule has 7 heteroatoms. The predicted octanol–water partition coefficient (Wildman–Crippen LogP) is 0.865. The minimum absolute atomic E-state index is 0.0796. The van der Waals surface area contributed by atoms with Gasteiger partial charge < -0.3 is 19.7 Å². The van der Waals surface area contributed by atoms with Gasteiger partial charge in [0, 0.05) is 19.5 Å². The van der Waals surface area contributed by atoms with E-state index in [-0.39, 0.29) is 30.5 Å². The number of carbonyl (C=O) groups is 3. The van der Waals surface area contributed by atoms with E-state index in [0.717, 1.165) is 12.8 Å². The number of carboxylic acids is 1. The van der Waals surface area contributed by atoms with E-state index in [4.69, 9.17) is 9.52 Å². The van der Waals surface area contributed by atoms with Crippen molar-refractivity contribution in [1.29, 1.82) is 0 Å². The number of likely N-dealkylation sites (tertiary alicyclic amines) is 1. The number of amides is 2. The van der Waals surface area contributed by atoms with E-state index in [9.17, 15) is 14.4 Å². The monoisotopic (exact) mass is 294 g/mol. The largest absolute Gasteiger partial charge is 0.480 e. The molecule has 2 heterocycles. The first kappa shape index (κ1) is 15.1. The first-order chi connectivity index (χ1) is 10.1. The standard InChI is InChI=1S/C14H18N2O5/c17-12(16-8-2-1-4-10(16)14(19)20)6-7-15-13(18)11-5-3-9-21-11/h3,5,9-10H,1-2,4,6-8H2,(H,15,18)(H,19,20). The molecule has 2 amide bonds. The molecule has 2 N–H and O–H groups in total. The number of carboxylic acid groups (broad SMARTS) is 1. The van der Waals surface area contributed by atoms with E-state index in [2.05, 4.69) is 5.32 Å². The number of rotatable bonds is 5. The van der Waals surface area contributed by atoms with Crippen LogP contribution >= 0.6 is 0 Å². The Morgan fingerprint density at radius 1 is 1.38 bits per heavy atom. The van der Waals surface area contributed by atoms with Crippen LogP contribution in [0.4, 0.5) is 0 Å². The Balaban J connectivity index is 1.81. The lowest BCUT2D eigenvalue weighted by molar-refractivity contribution is -0.152. The molecule has 21 heavy (non-hydrogen) atoms. The number of piperidine rings is 1. The molecular weight excluding hydrogens is 276 g/mol. The van der Waals surface area contributed by atoms with Gasteiger partial charge in [-0.2, -0.15) is 0 Å².